The van der Waals surface area contributed by atoms with Crippen molar-refractivity contribution >= 4 is 68.9 Å². The molecule has 0 unspecified atom stereocenters. The lowest BCUT2D eigenvalue weighted by Crippen LogP contribution is -2.14. The third-order valence-electron chi connectivity index (χ3n) is 4.25. The van der Waals surface area contributed by atoms with Gasteiger partial charge in [-0.05, 0) is 65.4 Å². The second kappa shape index (κ2) is 10.4. The molecule has 0 spiro atoms. The van der Waals surface area contributed by atoms with Crippen molar-refractivity contribution in [2.75, 3.05) is 13.7 Å². The molecule has 1 aliphatic heterocycles. The van der Waals surface area contributed by atoms with Crippen LogP contribution in [0.4, 0.5) is 0 Å². The van der Waals surface area contributed by atoms with Crippen LogP contribution in [-0.4, -0.2) is 40.8 Å². The van der Waals surface area contributed by atoms with Crippen molar-refractivity contribution < 1.29 is 29.3 Å². The molecule has 0 saturated heterocycles. The number of aliphatic imine (C=N–C) groups is 1. The van der Waals surface area contributed by atoms with Gasteiger partial charge < -0.3 is 19.7 Å². The van der Waals surface area contributed by atoms with Gasteiger partial charge in [0.1, 0.15) is 16.4 Å². The van der Waals surface area contributed by atoms with E-state index in [1.165, 1.54) is 13.2 Å². The Bertz CT molecular complexity index is 1190. The standard InChI is InChI=1S/C22H17ClINO6S/c1-3-31-22(29)17-19(27)16(10-11-8-14(24)18(26)15(9-11)30-2)32-21(17)25-20(28)12-6-4-5-7-13(12)23/h4-10,26-27H,3H2,1-2H3/b16-10-,25-21?. The molecule has 1 amide bonds. The van der Waals surface area contributed by atoms with Gasteiger partial charge in [-0.2, -0.15) is 0 Å². The van der Waals surface area contributed by atoms with Crippen LogP contribution in [0.2, 0.25) is 5.02 Å². The molecule has 0 aromatic heterocycles. The Balaban J connectivity index is 2.07. The maximum Gasteiger partial charge on any atom is 0.344 e. The molecule has 0 saturated carbocycles. The monoisotopic (exact) mass is 585 g/mol. The molecule has 0 radical (unpaired) electrons. The van der Waals surface area contributed by atoms with Crippen LogP contribution in [-0.2, 0) is 9.53 Å². The highest BCUT2D eigenvalue weighted by Gasteiger charge is 2.34. The third-order valence-corrected chi connectivity index (χ3v) is 6.42. The quantitative estimate of drug-likeness (QED) is 0.360. The van der Waals surface area contributed by atoms with Gasteiger partial charge in [-0.25, -0.2) is 9.79 Å². The first-order valence-corrected chi connectivity index (χ1v) is 11.5. The smallest absolute Gasteiger partial charge is 0.344 e. The number of methoxy groups -OCH3 is 1. The topological polar surface area (TPSA) is 105 Å². The second-order valence-corrected chi connectivity index (χ2v) is 8.91. The molecule has 0 atom stereocenters. The van der Waals surface area contributed by atoms with Gasteiger partial charge in [0.15, 0.2) is 11.5 Å². The van der Waals surface area contributed by atoms with Crippen molar-refractivity contribution in [1.29, 1.82) is 0 Å². The zero-order valence-corrected chi connectivity index (χ0v) is 20.6. The van der Waals surface area contributed by atoms with Crippen molar-refractivity contribution in [3.8, 4) is 11.5 Å². The summed E-state index contributed by atoms with van der Waals surface area (Å²) in [5, 5.41) is 21.0. The van der Waals surface area contributed by atoms with Crippen molar-refractivity contribution in [3.05, 3.63) is 72.4 Å². The molecule has 1 heterocycles. The number of phenolic OH excluding ortho intramolecular Hbond substituents is 1. The number of amides is 1. The number of ether oxygens (including phenoxy) is 2. The Labute approximate surface area is 206 Å². The van der Waals surface area contributed by atoms with E-state index in [9.17, 15) is 19.8 Å². The summed E-state index contributed by atoms with van der Waals surface area (Å²) < 4.78 is 10.7. The number of aliphatic hydroxyl groups excluding tert-OH is 1. The minimum atomic E-state index is -0.801. The molecule has 7 nitrogen and oxygen atoms in total. The molecule has 3 rings (SSSR count). The fourth-order valence-corrected chi connectivity index (χ4v) is 4.62. The number of aromatic hydroxyl groups is 1. The van der Waals surface area contributed by atoms with Gasteiger partial charge in [0.2, 0.25) is 0 Å². The lowest BCUT2D eigenvalue weighted by atomic mass is 10.1. The first-order chi connectivity index (χ1) is 15.3. The summed E-state index contributed by atoms with van der Waals surface area (Å²) >= 11 is 8.97. The van der Waals surface area contributed by atoms with E-state index < -0.39 is 11.9 Å². The zero-order valence-electron chi connectivity index (χ0n) is 16.9. The average molecular weight is 586 g/mol. The molecule has 166 valence electrons. The maximum absolute atomic E-state index is 12.7. The van der Waals surface area contributed by atoms with Crippen molar-refractivity contribution in [2.45, 2.75) is 6.92 Å². The normalized spacial score (nSPS) is 16.0. The van der Waals surface area contributed by atoms with E-state index in [0.29, 0.717) is 9.13 Å². The average Bonchev–Trinajstić information content (AvgIpc) is 3.05. The summed E-state index contributed by atoms with van der Waals surface area (Å²) in [5.74, 6) is -1.57. The molecule has 0 aliphatic carbocycles. The van der Waals surface area contributed by atoms with Crippen LogP contribution in [0, 0.1) is 3.57 Å². The minimum absolute atomic E-state index is 0.00226. The van der Waals surface area contributed by atoms with Crippen molar-refractivity contribution in [1.82, 2.24) is 0 Å². The summed E-state index contributed by atoms with van der Waals surface area (Å²) in [6.07, 6.45) is 1.59. The number of halogens is 2. The first kappa shape index (κ1) is 24.1. The Hall–Kier alpha value is -2.50. The molecule has 2 aromatic rings. The zero-order chi connectivity index (χ0) is 23.4. The highest BCUT2D eigenvalue weighted by Crippen LogP contribution is 2.41. The summed E-state index contributed by atoms with van der Waals surface area (Å²) in [7, 11) is 1.42. The largest absolute Gasteiger partial charge is 0.506 e. The van der Waals surface area contributed by atoms with Gasteiger partial charge in [-0.1, -0.05) is 35.5 Å². The Morgan fingerprint density at radius 1 is 1.25 bits per heavy atom. The summed E-state index contributed by atoms with van der Waals surface area (Å²) in [6, 6.07) is 9.65. The number of hydrogen-bond donors (Lipinski definition) is 2. The first-order valence-electron chi connectivity index (χ1n) is 9.21. The summed E-state index contributed by atoms with van der Waals surface area (Å²) in [6.45, 7) is 1.71. The maximum atomic E-state index is 12.7. The van der Waals surface area contributed by atoms with Crippen LogP contribution in [0.3, 0.4) is 0 Å². The highest BCUT2D eigenvalue weighted by molar-refractivity contribution is 14.1. The highest BCUT2D eigenvalue weighted by atomic mass is 127. The molecule has 2 aromatic carbocycles. The minimum Gasteiger partial charge on any atom is -0.506 e. The van der Waals surface area contributed by atoms with Gasteiger partial charge in [0.25, 0.3) is 5.91 Å². The van der Waals surface area contributed by atoms with Crippen molar-refractivity contribution in [2.24, 2.45) is 4.99 Å². The lowest BCUT2D eigenvalue weighted by molar-refractivity contribution is -0.138. The van der Waals surface area contributed by atoms with E-state index in [1.807, 2.05) is 22.6 Å². The van der Waals surface area contributed by atoms with E-state index in [-0.39, 0.29) is 50.0 Å². The molecular formula is C22H17ClINO6S. The van der Waals surface area contributed by atoms with Crippen LogP contribution in [0.15, 0.2) is 57.6 Å². The molecule has 0 fully saturated rings. The van der Waals surface area contributed by atoms with Gasteiger partial charge in [-0.3, -0.25) is 4.79 Å². The van der Waals surface area contributed by atoms with Crippen LogP contribution < -0.4 is 4.74 Å². The number of thioether (sulfide) groups is 1. The number of carbonyl (C=O) groups is 2. The Morgan fingerprint density at radius 2 is 1.97 bits per heavy atom. The van der Waals surface area contributed by atoms with Crippen molar-refractivity contribution in [3.63, 3.8) is 0 Å². The van der Waals surface area contributed by atoms with Crippen LogP contribution in [0.25, 0.3) is 6.08 Å². The SMILES string of the molecule is CCOC(=O)C1=C(O)/C(=C/c2cc(I)c(O)c(OC)c2)SC1=NC(=O)c1ccccc1Cl. The van der Waals surface area contributed by atoms with E-state index in [0.717, 1.165) is 11.8 Å². The van der Waals surface area contributed by atoms with E-state index >= 15 is 0 Å². The molecule has 1 aliphatic rings. The number of rotatable bonds is 5. The molecule has 10 heteroatoms. The summed E-state index contributed by atoms with van der Waals surface area (Å²) in [4.78, 5) is 29.5. The number of phenols is 1. The number of carbonyl (C=O) groups excluding carboxylic acids is 2. The molecule has 0 bridgehead atoms. The van der Waals surface area contributed by atoms with Gasteiger partial charge in [0.05, 0.1) is 32.8 Å². The van der Waals surface area contributed by atoms with Crippen LogP contribution in [0.1, 0.15) is 22.8 Å². The summed E-state index contributed by atoms with van der Waals surface area (Å²) in [5.41, 5.74) is 0.559. The number of aliphatic hydroxyl groups is 1. The van der Waals surface area contributed by atoms with E-state index in [4.69, 9.17) is 21.1 Å². The fraction of sp³-hybridized carbons (Fsp3) is 0.136. The van der Waals surface area contributed by atoms with E-state index in [2.05, 4.69) is 4.99 Å². The predicted octanol–water partition coefficient (Wildman–Crippen LogP) is 5.36. The van der Waals surface area contributed by atoms with Gasteiger partial charge >= 0.3 is 5.97 Å². The Kier molecular flexibility index (Phi) is 7.86. The molecule has 2 N–H and O–H groups in total. The number of nitrogens with zero attached hydrogens (tertiary/aromatic N) is 1. The lowest BCUT2D eigenvalue weighted by Gasteiger charge is -2.07. The third kappa shape index (κ3) is 5.11. The number of esters is 1. The predicted molar refractivity (Wildman–Crippen MR) is 132 cm³/mol. The van der Waals surface area contributed by atoms with Gasteiger partial charge in [-0.15, -0.1) is 0 Å². The van der Waals surface area contributed by atoms with Crippen LogP contribution in [0.5, 0.6) is 11.5 Å². The van der Waals surface area contributed by atoms with E-state index in [1.54, 1.807) is 43.3 Å². The fourth-order valence-electron chi connectivity index (χ4n) is 2.76. The number of benzene rings is 2. The van der Waals surface area contributed by atoms with Crippen LogP contribution >= 0.6 is 46.0 Å². The second-order valence-electron chi connectivity index (χ2n) is 6.31. The Morgan fingerprint density at radius 3 is 2.62 bits per heavy atom. The molecular weight excluding hydrogens is 569 g/mol. The van der Waals surface area contributed by atoms with Gasteiger partial charge in [0, 0.05) is 0 Å². The molecule has 32 heavy (non-hydrogen) atoms. The number of hydrogen-bond acceptors (Lipinski definition) is 7.